The standard InChI is InChI=1S/C29H33Cl2N3O4S/c1-3-27(29(36)32-22-11-6-7-12-22)34(18-24-25(30)13-8-14-26(24)31)28(35)19-33(2)39(37,38)23-16-15-20-9-4-5-10-21(20)17-23/h4-5,8-10,13-17,22,27H,3,6-7,11-12,18-19H2,1-2H3,(H,32,36). The molecule has 0 radical (unpaired) electrons. The van der Waals surface area contributed by atoms with Crippen molar-refractivity contribution in [1.29, 1.82) is 0 Å². The van der Waals surface area contributed by atoms with Crippen molar-refractivity contribution in [1.82, 2.24) is 14.5 Å². The molecule has 208 valence electrons. The molecule has 0 aromatic heterocycles. The van der Waals surface area contributed by atoms with Crippen LogP contribution >= 0.6 is 23.2 Å². The molecule has 1 atom stereocenters. The summed E-state index contributed by atoms with van der Waals surface area (Å²) in [5.41, 5.74) is 0.501. The van der Waals surface area contributed by atoms with Crippen LogP contribution in [0.25, 0.3) is 10.8 Å². The van der Waals surface area contributed by atoms with Gasteiger partial charge in [0.15, 0.2) is 0 Å². The van der Waals surface area contributed by atoms with Crippen LogP contribution in [-0.2, 0) is 26.2 Å². The number of fused-ring (bicyclic) bond motifs is 1. The lowest BCUT2D eigenvalue weighted by Crippen LogP contribution is -2.53. The molecule has 39 heavy (non-hydrogen) atoms. The number of likely N-dealkylation sites (N-methyl/N-ethyl adjacent to an activating group) is 1. The largest absolute Gasteiger partial charge is 0.352 e. The molecule has 0 spiro atoms. The summed E-state index contributed by atoms with van der Waals surface area (Å²) in [5.74, 6) is -0.785. The van der Waals surface area contributed by atoms with Crippen LogP contribution < -0.4 is 5.32 Å². The number of rotatable bonds is 10. The number of nitrogens with zero attached hydrogens (tertiary/aromatic N) is 2. The predicted octanol–water partition coefficient (Wildman–Crippen LogP) is 5.63. The van der Waals surface area contributed by atoms with E-state index < -0.39 is 28.5 Å². The lowest BCUT2D eigenvalue weighted by Gasteiger charge is -2.33. The van der Waals surface area contributed by atoms with Crippen LogP contribution in [0.4, 0.5) is 0 Å². The third kappa shape index (κ3) is 6.74. The Balaban J connectivity index is 1.61. The second-order valence-corrected chi connectivity index (χ2v) is 12.8. The second kappa shape index (κ2) is 12.7. The predicted molar refractivity (Wildman–Crippen MR) is 155 cm³/mol. The van der Waals surface area contributed by atoms with Gasteiger partial charge in [-0.2, -0.15) is 4.31 Å². The highest BCUT2D eigenvalue weighted by molar-refractivity contribution is 7.89. The first-order chi connectivity index (χ1) is 18.6. The van der Waals surface area contributed by atoms with E-state index in [0.29, 0.717) is 22.0 Å². The van der Waals surface area contributed by atoms with Crippen molar-refractivity contribution in [3.63, 3.8) is 0 Å². The fourth-order valence-electron chi connectivity index (χ4n) is 5.01. The van der Waals surface area contributed by atoms with Gasteiger partial charge < -0.3 is 10.2 Å². The van der Waals surface area contributed by atoms with E-state index in [0.717, 1.165) is 40.8 Å². The number of hydrogen-bond acceptors (Lipinski definition) is 4. The van der Waals surface area contributed by atoms with Crippen LogP contribution in [-0.4, -0.2) is 55.1 Å². The summed E-state index contributed by atoms with van der Waals surface area (Å²) in [7, 11) is -2.62. The zero-order valence-corrected chi connectivity index (χ0v) is 24.4. The lowest BCUT2D eigenvalue weighted by molar-refractivity contribution is -0.141. The van der Waals surface area contributed by atoms with Crippen molar-refractivity contribution < 1.29 is 18.0 Å². The summed E-state index contributed by atoms with van der Waals surface area (Å²) >= 11 is 12.8. The van der Waals surface area contributed by atoms with E-state index >= 15 is 0 Å². The monoisotopic (exact) mass is 589 g/mol. The van der Waals surface area contributed by atoms with Gasteiger partial charge in [-0.15, -0.1) is 0 Å². The first kappa shape index (κ1) is 29.3. The van der Waals surface area contributed by atoms with Gasteiger partial charge >= 0.3 is 0 Å². The fraction of sp³-hybridized carbons (Fsp3) is 0.379. The molecule has 1 N–H and O–H groups in total. The number of carbonyl (C=O) groups excluding carboxylic acids is 2. The molecule has 0 bridgehead atoms. The minimum Gasteiger partial charge on any atom is -0.352 e. The number of amides is 2. The summed E-state index contributed by atoms with van der Waals surface area (Å²) in [6.45, 7) is 1.34. The SMILES string of the molecule is CCC(C(=O)NC1CCCC1)N(Cc1c(Cl)cccc1Cl)C(=O)CN(C)S(=O)(=O)c1ccc2ccccc2c1. The highest BCUT2D eigenvalue weighted by atomic mass is 35.5. The normalized spacial score (nSPS) is 15.0. The summed E-state index contributed by atoms with van der Waals surface area (Å²) in [5, 5.41) is 5.50. The highest BCUT2D eigenvalue weighted by Gasteiger charge is 2.33. The zero-order valence-electron chi connectivity index (χ0n) is 22.1. The van der Waals surface area contributed by atoms with Gasteiger partial charge in [-0.25, -0.2) is 8.42 Å². The van der Waals surface area contributed by atoms with E-state index in [-0.39, 0.29) is 23.4 Å². The Hall–Kier alpha value is -2.65. The minimum atomic E-state index is -3.99. The van der Waals surface area contributed by atoms with Crippen LogP contribution in [0.5, 0.6) is 0 Å². The third-order valence-corrected chi connectivity index (χ3v) is 9.77. The molecule has 0 saturated heterocycles. The van der Waals surface area contributed by atoms with Gasteiger partial charge in [-0.1, -0.05) is 79.4 Å². The first-order valence-corrected chi connectivity index (χ1v) is 15.3. The molecule has 0 aliphatic heterocycles. The van der Waals surface area contributed by atoms with Crippen molar-refractivity contribution in [3.05, 3.63) is 76.3 Å². The summed E-state index contributed by atoms with van der Waals surface area (Å²) in [6.07, 6.45) is 4.25. The average molecular weight is 591 g/mol. The number of carbonyl (C=O) groups is 2. The Labute approximate surface area is 240 Å². The average Bonchev–Trinajstić information content (AvgIpc) is 3.42. The van der Waals surface area contributed by atoms with Crippen molar-refractivity contribution in [2.75, 3.05) is 13.6 Å². The van der Waals surface area contributed by atoms with Crippen molar-refractivity contribution in [2.24, 2.45) is 0 Å². The highest BCUT2D eigenvalue weighted by Crippen LogP contribution is 2.28. The minimum absolute atomic E-state index is 0.0300. The van der Waals surface area contributed by atoms with Gasteiger partial charge in [-0.3, -0.25) is 9.59 Å². The molecule has 2 amide bonds. The smallest absolute Gasteiger partial charge is 0.243 e. The van der Waals surface area contributed by atoms with E-state index in [1.165, 1.54) is 18.0 Å². The maximum absolute atomic E-state index is 13.8. The van der Waals surface area contributed by atoms with E-state index in [1.807, 2.05) is 31.2 Å². The van der Waals surface area contributed by atoms with Gasteiger partial charge in [0, 0.05) is 35.2 Å². The quantitative estimate of drug-likeness (QED) is 0.332. The molecule has 4 rings (SSSR count). The molecule has 10 heteroatoms. The molecule has 3 aromatic rings. The third-order valence-electron chi connectivity index (χ3n) is 7.26. The molecule has 1 aliphatic rings. The molecular formula is C29H33Cl2N3O4S. The van der Waals surface area contributed by atoms with Crippen molar-refractivity contribution >= 4 is 55.8 Å². The second-order valence-electron chi connectivity index (χ2n) is 9.91. The Morgan fingerprint density at radius 2 is 1.62 bits per heavy atom. The maximum Gasteiger partial charge on any atom is 0.243 e. The topological polar surface area (TPSA) is 86.8 Å². The molecule has 1 saturated carbocycles. The Morgan fingerprint density at radius 1 is 0.974 bits per heavy atom. The van der Waals surface area contributed by atoms with E-state index in [4.69, 9.17) is 23.2 Å². The van der Waals surface area contributed by atoms with E-state index in [9.17, 15) is 18.0 Å². The van der Waals surface area contributed by atoms with Gasteiger partial charge in [0.05, 0.1) is 11.4 Å². The van der Waals surface area contributed by atoms with Crippen molar-refractivity contribution in [3.8, 4) is 0 Å². The van der Waals surface area contributed by atoms with Gasteiger partial charge in [-0.05, 0) is 54.3 Å². The van der Waals surface area contributed by atoms with E-state index in [1.54, 1.807) is 30.3 Å². The van der Waals surface area contributed by atoms with Crippen LogP contribution in [0.1, 0.15) is 44.6 Å². The number of halogens is 2. The van der Waals surface area contributed by atoms with Gasteiger partial charge in [0.2, 0.25) is 21.8 Å². The summed E-state index contributed by atoms with van der Waals surface area (Å²) < 4.78 is 27.9. The molecule has 0 heterocycles. The Morgan fingerprint density at radius 3 is 2.26 bits per heavy atom. The first-order valence-electron chi connectivity index (χ1n) is 13.1. The van der Waals surface area contributed by atoms with Crippen molar-refractivity contribution in [2.45, 2.75) is 62.6 Å². The molecule has 7 nitrogen and oxygen atoms in total. The lowest BCUT2D eigenvalue weighted by atomic mass is 10.1. The molecule has 1 unspecified atom stereocenters. The summed E-state index contributed by atoms with van der Waals surface area (Å²) in [4.78, 5) is 28.6. The number of benzene rings is 3. The number of nitrogens with one attached hydrogen (secondary N) is 1. The maximum atomic E-state index is 13.8. The molecule has 1 aliphatic carbocycles. The van der Waals surface area contributed by atoms with Gasteiger partial charge in [0.25, 0.3) is 0 Å². The van der Waals surface area contributed by atoms with Gasteiger partial charge in [0.1, 0.15) is 6.04 Å². The van der Waals surface area contributed by atoms with Crippen LogP contribution in [0.15, 0.2) is 65.6 Å². The van der Waals surface area contributed by atoms with Crippen LogP contribution in [0.2, 0.25) is 10.0 Å². The number of hydrogen-bond donors (Lipinski definition) is 1. The fourth-order valence-corrected chi connectivity index (χ4v) is 6.69. The molecular weight excluding hydrogens is 557 g/mol. The molecule has 1 fully saturated rings. The zero-order chi connectivity index (χ0) is 28.2. The number of sulfonamides is 1. The van der Waals surface area contributed by atoms with Crippen LogP contribution in [0, 0.1) is 0 Å². The Kier molecular flexibility index (Phi) is 9.54. The Bertz CT molecular complexity index is 1440. The van der Waals surface area contributed by atoms with Crippen LogP contribution in [0.3, 0.4) is 0 Å². The molecule has 3 aromatic carbocycles. The summed E-state index contributed by atoms with van der Waals surface area (Å²) in [6, 6.07) is 16.6. The van der Waals surface area contributed by atoms with E-state index in [2.05, 4.69) is 5.32 Å².